The van der Waals surface area contributed by atoms with Gasteiger partial charge in [-0.1, -0.05) is 6.92 Å². The first-order valence-corrected chi connectivity index (χ1v) is 5.92. The largest absolute Gasteiger partial charge is 0.370 e. The number of ether oxygens (including phenoxy) is 1. The summed E-state index contributed by atoms with van der Waals surface area (Å²) in [5.41, 5.74) is -0.0102. The Hall–Kier alpha value is 0.210. The van der Waals surface area contributed by atoms with E-state index in [2.05, 4.69) is 32.6 Å². The van der Waals surface area contributed by atoms with Gasteiger partial charge in [0.05, 0.1) is 11.7 Å². The molecular formula is C11H22ClNO. The third-order valence-corrected chi connectivity index (χ3v) is 3.00. The molecule has 0 saturated carbocycles. The maximum Gasteiger partial charge on any atom is 0.0757 e. The summed E-state index contributed by atoms with van der Waals surface area (Å²) < 4.78 is 5.84. The van der Waals surface area contributed by atoms with Crippen molar-refractivity contribution in [1.29, 1.82) is 0 Å². The number of hydrogen-bond donors (Lipinski definition) is 0. The Kier molecular flexibility index (Phi) is 4.23. The van der Waals surface area contributed by atoms with Crippen LogP contribution in [0, 0.1) is 5.92 Å². The molecule has 0 amide bonds. The molecule has 0 spiro atoms. The number of hydrogen-bond acceptors (Lipinski definition) is 2. The Balaban J connectivity index is 2.45. The van der Waals surface area contributed by atoms with Gasteiger partial charge < -0.3 is 4.74 Å². The van der Waals surface area contributed by atoms with Crippen molar-refractivity contribution in [3.63, 3.8) is 0 Å². The molecule has 0 aromatic rings. The molecule has 1 aliphatic heterocycles. The monoisotopic (exact) mass is 219 g/mol. The molecule has 0 radical (unpaired) electrons. The van der Waals surface area contributed by atoms with Gasteiger partial charge in [0, 0.05) is 25.5 Å². The van der Waals surface area contributed by atoms with Crippen LogP contribution in [-0.2, 0) is 4.74 Å². The molecular weight excluding hydrogens is 198 g/mol. The predicted octanol–water partition coefficient (Wildman–Crippen LogP) is 2.36. The standard InChI is InChI=1S/C11H22ClNO/c1-9(5-12)6-13-7-10(2)14-11(3,4)8-13/h9-10H,5-8H2,1-4H3. The molecule has 2 nitrogen and oxygen atoms in total. The number of nitrogens with zero attached hydrogens (tertiary/aromatic N) is 1. The van der Waals surface area contributed by atoms with Gasteiger partial charge in [-0.2, -0.15) is 0 Å². The molecule has 0 bridgehead atoms. The summed E-state index contributed by atoms with van der Waals surface area (Å²) in [6.07, 6.45) is 0.335. The maximum atomic E-state index is 5.84. The Morgan fingerprint density at radius 3 is 2.71 bits per heavy atom. The van der Waals surface area contributed by atoms with Gasteiger partial charge in [0.2, 0.25) is 0 Å². The van der Waals surface area contributed by atoms with Crippen LogP contribution < -0.4 is 0 Å². The van der Waals surface area contributed by atoms with E-state index in [9.17, 15) is 0 Å². The van der Waals surface area contributed by atoms with Crippen LogP contribution in [0.1, 0.15) is 27.7 Å². The van der Waals surface area contributed by atoms with Gasteiger partial charge in [-0.05, 0) is 26.7 Å². The van der Waals surface area contributed by atoms with Crippen molar-refractivity contribution in [2.24, 2.45) is 5.92 Å². The van der Waals surface area contributed by atoms with Crippen molar-refractivity contribution in [2.75, 3.05) is 25.5 Å². The molecule has 0 aliphatic carbocycles. The minimum atomic E-state index is -0.0102. The zero-order valence-electron chi connectivity index (χ0n) is 9.72. The molecule has 0 aromatic carbocycles. The van der Waals surface area contributed by atoms with E-state index in [4.69, 9.17) is 16.3 Å². The molecule has 14 heavy (non-hydrogen) atoms. The number of rotatable bonds is 3. The van der Waals surface area contributed by atoms with Gasteiger partial charge >= 0.3 is 0 Å². The fraction of sp³-hybridized carbons (Fsp3) is 1.00. The fourth-order valence-corrected chi connectivity index (χ4v) is 2.31. The lowest BCUT2D eigenvalue weighted by Crippen LogP contribution is -2.52. The second-order valence-corrected chi connectivity index (χ2v) is 5.45. The molecule has 1 heterocycles. The van der Waals surface area contributed by atoms with Gasteiger partial charge in [-0.15, -0.1) is 11.6 Å². The van der Waals surface area contributed by atoms with E-state index < -0.39 is 0 Å². The molecule has 84 valence electrons. The Bertz CT molecular complexity index is 184. The number of alkyl halides is 1. The lowest BCUT2D eigenvalue weighted by atomic mass is 10.0. The van der Waals surface area contributed by atoms with E-state index in [0.29, 0.717) is 12.0 Å². The summed E-state index contributed by atoms with van der Waals surface area (Å²) in [5, 5.41) is 0. The first-order chi connectivity index (χ1) is 6.43. The summed E-state index contributed by atoms with van der Waals surface area (Å²) in [5.74, 6) is 1.31. The average Bonchev–Trinajstić information content (AvgIpc) is 1.99. The summed E-state index contributed by atoms with van der Waals surface area (Å²) >= 11 is 5.82. The fourth-order valence-electron chi connectivity index (χ4n) is 2.21. The molecule has 3 heteroatoms. The van der Waals surface area contributed by atoms with Crippen LogP contribution >= 0.6 is 11.6 Å². The first kappa shape index (κ1) is 12.3. The second kappa shape index (κ2) is 4.82. The summed E-state index contributed by atoms with van der Waals surface area (Å²) in [7, 11) is 0. The van der Waals surface area contributed by atoms with E-state index in [1.165, 1.54) is 0 Å². The third-order valence-electron chi connectivity index (χ3n) is 2.47. The van der Waals surface area contributed by atoms with Crippen LogP contribution in [0.15, 0.2) is 0 Å². The predicted molar refractivity (Wildman–Crippen MR) is 61.0 cm³/mol. The highest BCUT2D eigenvalue weighted by Crippen LogP contribution is 2.21. The molecule has 1 aliphatic rings. The summed E-state index contributed by atoms with van der Waals surface area (Å²) in [6.45, 7) is 11.8. The zero-order chi connectivity index (χ0) is 10.8. The van der Waals surface area contributed by atoms with Gasteiger partial charge in [0.15, 0.2) is 0 Å². The highest BCUT2D eigenvalue weighted by Gasteiger charge is 2.31. The smallest absolute Gasteiger partial charge is 0.0757 e. The van der Waals surface area contributed by atoms with E-state index in [1.807, 2.05) is 0 Å². The molecule has 1 fully saturated rings. The van der Waals surface area contributed by atoms with Crippen LogP contribution in [-0.4, -0.2) is 42.1 Å². The Labute approximate surface area is 92.6 Å². The van der Waals surface area contributed by atoms with Crippen molar-refractivity contribution >= 4 is 11.6 Å². The SMILES string of the molecule is CC(CCl)CN1CC(C)OC(C)(C)C1. The third kappa shape index (κ3) is 3.76. The molecule has 0 N–H and O–H groups in total. The van der Waals surface area contributed by atoms with Gasteiger partial charge in [0.25, 0.3) is 0 Å². The highest BCUT2D eigenvalue weighted by atomic mass is 35.5. The maximum absolute atomic E-state index is 5.84. The van der Waals surface area contributed by atoms with Crippen molar-refractivity contribution in [2.45, 2.75) is 39.4 Å². The topological polar surface area (TPSA) is 12.5 Å². The lowest BCUT2D eigenvalue weighted by molar-refractivity contribution is -0.130. The summed E-state index contributed by atoms with van der Waals surface area (Å²) in [6, 6.07) is 0. The quantitative estimate of drug-likeness (QED) is 0.676. The molecule has 1 saturated heterocycles. The Morgan fingerprint density at radius 1 is 1.57 bits per heavy atom. The highest BCUT2D eigenvalue weighted by molar-refractivity contribution is 6.18. The minimum absolute atomic E-state index is 0.0102. The van der Waals surface area contributed by atoms with E-state index in [-0.39, 0.29) is 5.60 Å². The first-order valence-electron chi connectivity index (χ1n) is 5.39. The van der Waals surface area contributed by atoms with E-state index >= 15 is 0 Å². The molecule has 1 rings (SSSR count). The van der Waals surface area contributed by atoms with Crippen LogP contribution in [0.4, 0.5) is 0 Å². The molecule has 2 unspecified atom stereocenters. The van der Waals surface area contributed by atoms with Crippen LogP contribution in [0.5, 0.6) is 0 Å². The van der Waals surface area contributed by atoms with Gasteiger partial charge in [0.1, 0.15) is 0 Å². The molecule has 2 atom stereocenters. The van der Waals surface area contributed by atoms with Crippen LogP contribution in [0.3, 0.4) is 0 Å². The van der Waals surface area contributed by atoms with Crippen molar-refractivity contribution in [3.05, 3.63) is 0 Å². The van der Waals surface area contributed by atoms with Crippen molar-refractivity contribution in [1.82, 2.24) is 4.90 Å². The number of halogens is 1. The van der Waals surface area contributed by atoms with Crippen LogP contribution in [0.2, 0.25) is 0 Å². The second-order valence-electron chi connectivity index (χ2n) is 5.14. The van der Waals surface area contributed by atoms with Gasteiger partial charge in [-0.25, -0.2) is 0 Å². The normalized spacial score (nSPS) is 30.2. The molecule has 0 aromatic heterocycles. The Morgan fingerprint density at radius 2 is 2.21 bits per heavy atom. The average molecular weight is 220 g/mol. The lowest BCUT2D eigenvalue weighted by Gasteiger charge is -2.42. The summed E-state index contributed by atoms with van der Waals surface area (Å²) in [4.78, 5) is 2.46. The van der Waals surface area contributed by atoms with Crippen molar-refractivity contribution < 1.29 is 4.74 Å². The van der Waals surface area contributed by atoms with E-state index in [0.717, 1.165) is 25.5 Å². The van der Waals surface area contributed by atoms with Crippen molar-refractivity contribution in [3.8, 4) is 0 Å². The van der Waals surface area contributed by atoms with Gasteiger partial charge in [-0.3, -0.25) is 4.90 Å². The minimum Gasteiger partial charge on any atom is -0.370 e. The number of morpholine rings is 1. The van der Waals surface area contributed by atoms with E-state index in [1.54, 1.807) is 0 Å². The zero-order valence-corrected chi connectivity index (χ0v) is 10.5. The van der Waals surface area contributed by atoms with Crippen LogP contribution in [0.25, 0.3) is 0 Å².